The number of benzene rings is 1. The van der Waals surface area contributed by atoms with Crippen molar-refractivity contribution in [2.45, 2.75) is 26.0 Å². The van der Waals surface area contributed by atoms with Crippen LogP contribution in [0.3, 0.4) is 0 Å². The van der Waals surface area contributed by atoms with E-state index in [2.05, 4.69) is 17.9 Å². The Bertz CT molecular complexity index is 352. The highest BCUT2D eigenvalue weighted by atomic mass is 16.5. The smallest absolute Gasteiger partial charge is 0.0781 e. The first-order chi connectivity index (χ1) is 7.70. The standard InChI is InChI=1S/C13H19NO2/c1-10-9-16-8-7-14(10)13-6-4-3-5-12(13)11(2)15/h3-6,10-11,15H,7-9H2,1-2H3/t10?,11-/m1/s1. The Morgan fingerprint density at radius 1 is 1.44 bits per heavy atom. The summed E-state index contributed by atoms with van der Waals surface area (Å²) in [6.45, 7) is 6.37. The third-order valence-electron chi connectivity index (χ3n) is 3.06. The maximum atomic E-state index is 9.76. The topological polar surface area (TPSA) is 32.7 Å². The molecule has 2 atom stereocenters. The molecule has 1 aliphatic rings. The molecule has 1 aromatic carbocycles. The van der Waals surface area contributed by atoms with E-state index < -0.39 is 6.10 Å². The van der Waals surface area contributed by atoms with Crippen LogP contribution < -0.4 is 4.90 Å². The van der Waals surface area contributed by atoms with Crippen LogP contribution >= 0.6 is 0 Å². The first-order valence-corrected chi connectivity index (χ1v) is 5.81. The van der Waals surface area contributed by atoms with E-state index in [0.717, 1.165) is 31.0 Å². The fourth-order valence-corrected chi connectivity index (χ4v) is 2.19. The molecule has 88 valence electrons. The van der Waals surface area contributed by atoms with Crippen LogP contribution in [0, 0.1) is 0 Å². The molecule has 1 aromatic rings. The molecule has 3 heteroatoms. The van der Waals surface area contributed by atoms with E-state index in [4.69, 9.17) is 4.74 Å². The molecule has 1 N–H and O–H groups in total. The molecule has 0 aliphatic carbocycles. The van der Waals surface area contributed by atoms with E-state index >= 15 is 0 Å². The number of rotatable bonds is 2. The summed E-state index contributed by atoms with van der Waals surface area (Å²) in [5.41, 5.74) is 2.13. The molecule has 1 aliphatic heterocycles. The Morgan fingerprint density at radius 3 is 2.88 bits per heavy atom. The van der Waals surface area contributed by atoms with Gasteiger partial charge in [-0.2, -0.15) is 0 Å². The molecule has 0 amide bonds. The van der Waals surface area contributed by atoms with Crippen LogP contribution in [0.2, 0.25) is 0 Å². The fourth-order valence-electron chi connectivity index (χ4n) is 2.19. The molecule has 16 heavy (non-hydrogen) atoms. The van der Waals surface area contributed by atoms with Crippen molar-refractivity contribution < 1.29 is 9.84 Å². The number of ether oxygens (including phenoxy) is 1. The largest absolute Gasteiger partial charge is 0.389 e. The average molecular weight is 221 g/mol. The van der Waals surface area contributed by atoms with Crippen molar-refractivity contribution >= 4 is 5.69 Å². The fraction of sp³-hybridized carbons (Fsp3) is 0.538. The van der Waals surface area contributed by atoms with Crippen molar-refractivity contribution in [3.63, 3.8) is 0 Å². The monoisotopic (exact) mass is 221 g/mol. The summed E-state index contributed by atoms with van der Waals surface area (Å²) in [4.78, 5) is 2.31. The maximum Gasteiger partial charge on any atom is 0.0781 e. The summed E-state index contributed by atoms with van der Waals surface area (Å²) < 4.78 is 5.43. The third-order valence-corrected chi connectivity index (χ3v) is 3.06. The van der Waals surface area contributed by atoms with Gasteiger partial charge in [0.15, 0.2) is 0 Å². The minimum atomic E-state index is -0.425. The van der Waals surface area contributed by atoms with Crippen LogP contribution in [-0.4, -0.2) is 30.9 Å². The van der Waals surface area contributed by atoms with E-state index in [1.807, 2.05) is 25.1 Å². The van der Waals surface area contributed by atoms with E-state index in [9.17, 15) is 5.11 Å². The molecular weight excluding hydrogens is 202 g/mol. The first kappa shape index (κ1) is 11.4. The second-order valence-electron chi connectivity index (χ2n) is 4.35. The molecule has 3 nitrogen and oxygen atoms in total. The lowest BCUT2D eigenvalue weighted by Crippen LogP contribution is -2.44. The van der Waals surface area contributed by atoms with Gasteiger partial charge in [-0.3, -0.25) is 0 Å². The summed E-state index contributed by atoms with van der Waals surface area (Å²) >= 11 is 0. The van der Waals surface area contributed by atoms with Crippen LogP contribution in [0.4, 0.5) is 5.69 Å². The van der Waals surface area contributed by atoms with Gasteiger partial charge in [0.2, 0.25) is 0 Å². The van der Waals surface area contributed by atoms with Gasteiger partial charge < -0.3 is 14.7 Å². The van der Waals surface area contributed by atoms with Crippen molar-refractivity contribution in [2.75, 3.05) is 24.7 Å². The van der Waals surface area contributed by atoms with Gasteiger partial charge in [0.1, 0.15) is 0 Å². The Hall–Kier alpha value is -1.06. The molecule has 0 spiro atoms. The number of hydrogen-bond acceptors (Lipinski definition) is 3. The van der Waals surface area contributed by atoms with Gasteiger partial charge in [0, 0.05) is 23.8 Å². The van der Waals surface area contributed by atoms with Gasteiger partial charge in [-0.1, -0.05) is 18.2 Å². The number of aliphatic hydroxyl groups excluding tert-OH is 1. The van der Waals surface area contributed by atoms with Gasteiger partial charge in [-0.25, -0.2) is 0 Å². The van der Waals surface area contributed by atoms with Crippen molar-refractivity contribution in [3.05, 3.63) is 29.8 Å². The second kappa shape index (κ2) is 4.85. The number of para-hydroxylation sites is 1. The number of morpholine rings is 1. The summed E-state index contributed by atoms with van der Waals surface area (Å²) in [5, 5.41) is 9.76. The lowest BCUT2D eigenvalue weighted by molar-refractivity contribution is 0.0984. The molecule has 0 bridgehead atoms. The van der Waals surface area contributed by atoms with Gasteiger partial charge in [-0.05, 0) is 19.9 Å². The average Bonchev–Trinajstić information content (AvgIpc) is 2.29. The van der Waals surface area contributed by atoms with Crippen LogP contribution in [0.5, 0.6) is 0 Å². The number of hydrogen-bond donors (Lipinski definition) is 1. The lowest BCUT2D eigenvalue weighted by atomic mass is 10.1. The second-order valence-corrected chi connectivity index (χ2v) is 4.35. The maximum absolute atomic E-state index is 9.76. The minimum absolute atomic E-state index is 0.369. The molecule has 1 heterocycles. The molecule has 2 rings (SSSR count). The highest BCUT2D eigenvalue weighted by Gasteiger charge is 2.22. The molecule has 1 fully saturated rings. The minimum Gasteiger partial charge on any atom is -0.389 e. The van der Waals surface area contributed by atoms with Crippen molar-refractivity contribution in [3.8, 4) is 0 Å². The van der Waals surface area contributed by atoms with Gasteiger partial charge in [0.05, 0.1) is 19.3 Å². The van der Waals surface area contributed by atoms with Crippen LogP contribution in [0.15, 0.2) is 24.3 Å². The van der Waals surface area contributed by atoms with Gasteiger partial charge in [-0.15, -0.1) is 0 Å². The summed E-state index contributed by atoms with van der Waals surface area (Å²) in [5.74, 6) is 0. The predicted molar refractivity (Wildman–Crippen MR) is 64.7 cm³/mol. The number of anilines is 1. The molecular formula is C13H19NO2. The Morgan fingerprint density at radius 2 is 2.19 bits per heavy atom. The van der Waals surface area contributed by atoms with Gasteiger partial charge >= 0.3 is 0 Å². The molecule has 1 saturated heterocycles. The van der Waals surface area contributed by atoms with Gasteiger partial charge in [0.25, 0.3) is 0 Å². The molecule has 1 unspecified atom stereocenters. The molecule has 0 radical (unpaired) electrons. The summed E-state index contributed by atoms with van der Waals surface area (Å²) in [6.07, 6.45) is -0.425. The highest BCUT2D eigenvalue weighted by Crippen LogP contribution is 2.28. The zero-order valence-corrected chi connectivity index (χ0v) is 9.89. The van der Waals surface area contributed by atoms with Crippen LogP contribution in [0.25, 0.3) is 0 Å². The number of nitrogens with zero attached hydrogens (tertiary/aromatic N) is 1. The van der Waals surface area contributed by atoms with Crippen LogP contribution in [0.1, 0.15) is 25.5 Å². The first-order valence-electron chi connectivity index (χ1n) is 5.81. The normalized spacial score (nSPS) is 23.2. The lowest BCUT2D eigenvalue weighted by Gasteiger charge is -2.36. The van der Waals surface area contributed by atoms with Crippen molar-refractivity contribution in [1.29, 1.82) is 0 Å². The molecule has 0 aromatic heterocycles. The third kappa shape index (κ3) is 2.20. The quantitative estimate of drug-likeness (QED) is 0.828. The van der Waals surface area contributed by atoms with Crippen molar-refractivity contribution in [2.24, 2.45) is 0 Å². The SMILES string of the molecule is CC1COCCN1c1ccccc1[C@@H](C)O. The summed E-state index contributed by atoms with van der Waals surface area (Å²) in [7, 11) is 0. The van der Waals surface area contributed by atoms with E-state index in [1.165, 1.54) is 0 Å². The summed E-state index contributed by atoms with van der Waals surface area (Å²) in [6, 6.07) is 8.42. The zero-order chi connectivity index (χ0) is 11.5. The van der Waals surface area contributed by atoms with Crippen molar-refractivity contribution in [1.82, 2.24) is 0 Å². The van der Waals surface area contributed by atoms with Crippen LogP contribution in [-0.2, 0) is 4.74 Å². The highest BCUT2D eigenvalue weighted by molar-refractivity contribution is 5.55. The Balaban J connectivity index is 2.31. The Labute approximate surface area is 96.6 Å². The predicted octanol–water partition coefficient (Wildman–Crippen LogP) is 1.97. The number of aliphatic hydroxyl groups is 1. The van der Waals surface area contributed by atoms with E-state index in [0.29, 0.717) is 6.04 Å². The molecule has 0 saturated carbocycles. The zero-order valence-electron chi connectivity index (χ0n) is 9.89. The van der Waals surface area contributed by atoms with E-state index in [1.54, 1.807) is 0 Å². The van der Waals surface area contributed by atoms with E-state index in [-0.39, 0.29) is 0 Å². The Kier molecular flexibility index (Phi) is 3.46.